The minimum absolute atomic E-state index is 0.0575. The maximum Gasteiger partial charge on any atom is 0.134 e. The highest BCUT2D eigenvalue weighted by Gasteiger charge is 2.12. The van der Waals surface area contributed by atoms with Crippen LogP contribution in [0.2, 0.25) is 0 Å². The molecule has 120 valence electrons. The van der Waals surface area contributed by atoms with Crippen molar-refractivity contribution < 1.29 is 19.0 Å². The van der Waals surface area contributed by atoms with Gasteiger partial charge in [0, 0.05) is 25.3 Å². The number of hydrogen-bond donors (Lipinski definition) is 2. The molecule has 2 N–H and O–H groups in total. The Labute approximate surface area is 129 Å². The van der Waals surface area contributed by atoms with Crippen LogP contribution < -0.4 is 0 Å². The molecule has 0 spiro atoms. The molecule has 0 saturated heterocycles. The molecule has 2 aromatic rings. The standard InChI is InChI=1S/C17H22FNO3/c1-13-15(4-2-5-16(13)18)17-7-6-14(22-17)12-19(9-11-21)8-3-10-20/h2,4-7,20-21H,3,8-12H2,1H3. The fourth-order valence-electron chi connectivity index (χ4n) is 2.41. The van der Waals surface area contributed by atoms with Crippen LogP contribution >= 0.6 is 0 Å². The first-order valence-corrected chi connectivity index (χ1v) is 7.44. The monoisotopic (exact) mass is 307 g/mol. The molecule has 2 rings (SSSR count). The molecule has 1 aromatic heterocycles. The SMILES string of the molecule is Cc1c(F)cccc1-c1ccc(CN(CCO)CCCO)o1. The maximum absolute atomic E-state index is 13.6. The maximum atomic E-state index is 13.6. The number of hydrogen-bond acceptors (Lipinski definition) is 4. The molecule has 0 atom stereocenters. The van der Waals surface area contributed by atoms with Gasteiger partial charge in [0.25, 0.3) is 0 Å². The van der Waals surface area contributed by atoms with E-state index >= 15 is 0 Å². The zero-order valence-electron chi connectivity index (χ0n) is 12.8. The number of aliphatic hydroxyl groups is 2. The van der Waals surface area contributed by atoms with Crippen molar-refractivity contribution in [3.63, 3.8) is 0 Å². The molecule has 0 saturated carbocycles. The highest BCUT2D eigenvalue weighted by atomic mass is 19.1. The summed E-state index contributed by atoms with van der Waals surface area (Å²) < 4.78 is 19.4. The summed E-state index contributed by atoms with van der Waals surface area (Å²) in [4.78, 5) is 2.01. The molecule has 0 radical (unpaired) electrons. The molecule has 0 amide bonds. The smallest absolute Gasteiger partial charge is 0.134 e. The van der Waals surface area contributed by atoms with E-state index in [0.717, 1.165) is 11.3 Å². The number of furan rings is 1. The van der Waals surface area contributed by atoms with Gasteiger partial charge in [0.2, 0.25) is 0 Å². The second kappa shape index (κ2) is 8.08. The van der Waals surface area contributed by atoms with Crippen molar-refractivity contribution in [2.45, 2.75) is 19.9 Å². The molecule has 0 aliphatic rings. The van der Waals surface area contributed by atoms with Gasteiger partial charge >= 0.3 is 0 Å². The zero-order valence-corrected chi connectivity index (χ0v) is 12.8. The molecule has 1 heterocycles. The minimum Gasteiger partial charge on any atom is -0.460 e. The van der Waals surface area contributed by atoms with Crippen molar-refractivity contribution in [1.82, 2.24) is 4.90 Å². The van der Waals surface area contributed by atoms with Crippen molar-refractivity contribution >= 4 is 0 Å². The summed E-state index contributed by atoms with van der Waals surface area (Å²) in [5.74, 6) is 1.14. The summed E-state index contributed by atoms with van der Waals surface area (Å²) in [6, 6.07) is 8.63. The summed E-state index contributed by atoms with van der Waals surface area (Å²) in [7, 11) is 0. The van der Waals surface area contributed by atoms with E-state index in [0.29, 0.717) is 37.4 Å². The van der Waals surface area contributed by atoms with E-state index in [-0.39, 0.29) is 19.0 Å². The Hall–Kier alpha value is -1.69. The van der Waals surface area contributed by atoms with Crippen molar-refractivity contribution in [2.24, 2.45) is 0 Å². The van der Waals surface area contributed by atoms with E-state index in [4.69, 9.17) is 14.6 Å². The highest BCUT2D eigenvalue weighted by Crippen LogP contribution is 2.27. The van der Waals surface area contributed by atoms with Crippen LogP contribution in [0.15, 0.2) is 34.7 Å². The summed E-state index contributed by atoms with van der Waals surface area (Å²) in [5, 5.41) is 18.0. The molecule has 0 fully saturated rings. The number of benzene rings is 1. The Morgan fingerprint density at radius 2 is 1.91 bits per heavy atom. The van der Waals surface area contributed by atoms with Gasteiger partial charge in [-0.15, -0.1) is 0 Å². The fourth-order valence-corrected chi connectivity index (χ4v) is 2.41. The molecular formula is C17H22FNO3. The molecule has 4 nitrogen and oxygen atoms in total. The lowest BCUT2D eigenvalue weighted by Crippen LogP contribution is -2.27. The lowest BCUT2D eigenvalue weighted by atomic mass is 10.1. The van der Waals surface area contributed by atoms with Crippen LogP contribution in [0.25, 0.3) is 11.3 Å². The molecule has 0 unspecified atom stereocenters. The quantitative estimate of drug-likeness (QED) is 0.787. The number of aliphatic hydroxyl groups excluding tert-OH is 2. The summed E-state index contributed by atoms with van der Waals surface area (Å²) in [6.45, 7) is 3.66. The van der Waals surface area contributed by atoms with E-state index in [2.05, 4.69) is 0 Å². The van der Waals surface area contributed by atoms with Crippen LogP contribution in [0.1, 0.15) is 17.7 Å². The summed E-state index contributed by atoms with van der Waals surface area (Å²) >= 11 is 0. The molecule has 0 aliphatic heterocycles. The fraction of sp³-hybridized carbons (Fsp3) is 0.412. The van der Waals surface area contributed by atoms with Crippen LogP contribution in [0.3, 0.4) is 0 Å². The van der Waals surface area contributed by atoms with Crippen molar-refractivity contribution in [3.8, 4) is 11.3 Å². The lowest BCUT2D eigenvalue weighted by molar-refractivity contribution is 0.166. The predicted octanol–water partition coefficient (Wildman–Crippen LogP) is 2.57. The zero-order chi connectivity index (χ0) is 15.9. The van der Waals surface area contributed by atoms with E-state index in [1.165, 1.54) is 6.07 Å². The van der Waals surface area contributed by atoms with Gasteiger partial charge in [0.15, 0.2) is 0 Å². The van der Waals surface area contributed by atoms with Gasteiger partial charge in [-0.2, -0.15) is 0 Å². The molecule has 0 bridgehead atoms. The predicted molar refractivity (Wildman–Crippen MR) is 82.9 cm³/mol. The van der Waals surface area contributed by atoms with Gasteiger partial charge in [-0.05, 0) is 37.1 Å². The van der Waals surface area contributed by atoms with E-state index in [1.54, 1.807) is 13.0 Å². The van der Waals surface area contributed by atoms with Crippen LogP contribution in [-0.4, -0.2) is 41.4 Å². The first-order valence-electron chi connectivity index (χ1n) is 7.44. The van der Waals surface area contributed by atoms with Gasteiger partial charge in [-0.3, -0.25) is 4.90 Å². The molecular weight excluding hydrogens is 285 g/mol. The largest absolute Gasteiger partial charge is 0.460 e. The normalized spacial score (nSPS) is 11.3. The van der Waals surface area contributed by atoms with Crippen LogP contribution in [0.4, 0.5) is 4.39 Å². The van der Waals surface area contributed by atoms with Gasteiger partial charge in [-0.1, -0.05) is 12.1 Å². The van der Waals surface area contributed by atoms with Crippen molar-refractivity contribution in [1.29, 1.82) is 0 Å². The second-order valence-corrected chi connectivity index (χ2v) is 5.26. The third kappa shape index (κ3) is 4.16. The minimum atomic E-state index is -0.250. The third-order valence-electron chi connectivity index (χ3n) is 3.62. The van der Waals surface area contributed by atoms with E-state index in [9.17, 15) is 4.39 Å². The van der Waals surface area contributed by atoms with Gasteiger partial charge < -0.3 is 14.6 Å². The first kappa shape index (κ1) is 16.7. The van der Waals surface area contributed by atoms with E-state index < -0.39 is 0 Å². The molecule has 5 heteroatoms. The van der Waals surface area contributed by atoms with Crippen LogP contribution in [0, 0.1) is 12.7 Å². The summed E-state index contributed by atoms with van der Waals surface area (Å²) in [5.41, 5.74) is 1.31. The molecule has 0 aliphatic carbocycles. The number of halogens is 1. The Morgan fingerprint density at radius 3 is 2.64 bits per heavy atom. The van der Waals surface area contributed by atoms with Crippen molar-refractivity contribution in [2.75, 3.05) is 26.3 Å². The average Bonchev–Trinajstić information content (AvgIpc) is 2.96. The molecule has 1 aromatic carbocycles. The highest BCUT2D eigenvalue weighted by molar-refractivity contribution is 5.62. The Balaban J connectivity index is 2.11. The third-order valence-corrected chi connectivity index (χ3v) is 3.62. The van der Waals surface area contributed by atoms with Gasteiger partial charge in [0.05, 0.1) is 13.2 Å². The first-order chi connectivity index (χ1) is 10.7. The average molecular weight is 307 g/mol. The number of rotatable bonds is 8. The Kier molecular flexibility index (Phi) is 6.12. The van der Waals surface area contributed by atoms with Crippen molar-refractivity contribution in [3.05, 3.63) is 47.5 Å². The lowest BCUT2D eigenvalue weighted by Gasteiger charge is -2.19. The molecule has 22 heavy (non-hydrogen) atoms. The Morgan fingerprint density at radius 1 is 1.09 bits per heavy atom. The summed E-state index contributed by atoms with van der Waals surface area (Å²) in [6.07, 6.45) is 0.649. The van der Waals surface area contributed by atoms with Gasteiger partial charge in [-0.25, -0.2) is 4.39 Å². The van der Waals surface area contributed by atoms with Crippen LogP contribution in [-0.2, 0) is 6.54 Å². The van der Waals surface area contributed by atoms with E-state index in [1.807, 2.05) is 23.1 Å². The van der Waals surface area contributed by atoms with Gasteiger partial charge in [0.1, 0.15) is 17.3 Å². The topological polar surface area (TPSA) is 56.8 Å². The number of nitrogens with zero attached hydrogens (tertiary/aromatic N) is 1. The van der Waals surface area contributed by atoms with Crippen LogP contribution in [0.5, 0.6) is 0 Å². The Bertz CT molecular complexity index is 597. The second-order valence-electron chi connectivity index (χ2n) is 5.26.